The third-order valence-corrected chi connectivity index (χ3v) is 5.59. The van der Waals surface area contributed by atoms with Gasteiger partial charge in [-0.25, -0.2) is 4.68 Å². The number of hydrogen-bond donors (Lipinski definition) is 0. The van der Waals surface area contributed by atoms with Crippen LogP contribution < -0.4 is 0 Å². The Labute approximate surface area is 166 Å². The lowest BCUT2D eigenvalue weighted by atomic mass is 10.2. The fourth-order valence-electron chi connectivity index (χ4n) is 2.87. The van der Waals surface area contributed by atoms with Crippen molar-refractivity contribution >= 4 is 40.3 Å². The molecule has 136 valence electrons. The molecule has 1 aliphatic heterocycles. The molecule has 3 aromatic rings. The molecular formula is C20H17N3O2S2. The van der Waals surface area contributed by atoms with E-state index < -0.39 is 0 Å². The lowest BCUT2D eigenvalue weighted by molar-refractivity contribution is -0.121. The van der Waals surface area contributed by atoms with Crippen LogP contribution >= 0.6 is 24.0 Å². The number of aromatic nitrogens is 2. The summed E-state index contributed by atoms with van der Waals surface area (Å²) < 4.78 is 8.16. The summed E-state index contributed by atoms with van der Waals surface area (Å²) >= 11 is 6.63. The maximum absolute atomic E-state index is 12.6. The number of carbonyl (C=O) groups excluding carboxylic acids is 1. The Bertz CT molecular complexity index is 1050. The molecule has 0 N–H and O–H groups in total. The van der Waals surface area contributed by atoms with E-state index in [9.17, 15) is 4.79 Å². The Morgan fingerprint density at radius 2 is 2.00 bits per heavy atom. The number of benzene rings is 1. The second-order valence-electron chi connectivity index (χ2n) is 6.05. The molecule has 1 fully saturated rings. The Morgan fingerprint density at radius 1 is 1.22 bits per heavy atom. The highest BCUT2D eigenvalue weighted by Crippen LogP contribution is 2.35. The largest absolute Gasteiger partial charge is 0.460 e. The van der Waals surface area contributed by atoms with Gasteiger partial charge in [-0.05, 0) is 44.2 Å². The molecule has 1 saturated heterocycles. The van der Waals surface area contributed by atoms with Crippen molar-refractivity contribution in [3.05, 3.63) is 64.9 Å². The standard InChI is InChI=1S/C20H17N3O2S2/c1-3-22-19(24)17(27-20(22)26)11-14-12-23(15-7-5-4-6-8-15)21-18(14)16-10-9-13(2)25-16/h4-12H,3H2,1-2H3/b17-11-. The number of likely N-dealkylation sites (N-methyl/N-ethyl adjacent to an activating group) is 1. The van der Waals surface area contributed by atoms with Crippen molar-refractivity contribution in [3.8, 4) is 17.1 Å². The van der Waals surface area contributed by atoms with Crippen molar-refractivity contribution in [1.29, 1.82) is 0 Å². The van der Waals surface area contributed by atoms with Crippen molar-refractivity contribution in [2.24, 2.45) is 0 Å². The van der Waals surface area contributed by atoms with Crippen molar-refractivity contribution in [1.82, 2.24) is 14.7 Å². The summed E-state index contributed by atoms with van der Waals surface area (Å²) in [7, 11) is 0. The number of para-hydroxylation sites is 1. The SMILES string of the molecule is CCN1C(=O)/C(=C/c2cn(-c3ccccc3)nc2-c2ccc(C)o2)SC1=S. The fraction of sp³-hybridized carbons (Fsp3) is 0.150. The summed E-state index contributed by atoms with van der Waals surface area (Å²) in [4.78, 5) is 14.8. The van der Waals surface area contributed by atoms with Crippen molar-refractivity contribution < 1.29 is 9.21 Å². The zero-order valence-corrected chi connectivity index (χ0v) is 16.5. The molecule has 3 heterocycles. The first-order chi connectivity index (χ1) is 13.1. The van der Waals surface area contributed by atoms with Gasteiger partial charge in [-0.15, -0.1) is 0 Å². The van der Waals surface area contributed by atoms with Crippen LogP contribution in [0.4, 0.5) is 0 Å². The van der Waals surface area contributed by atoms with Crippen LogP contribution in [0.1, 0.15) is 18.2 Å². The first kappa shape index (κ1) is 17.8. The van der Waals surface area contributed by atoms with Gasteiger partial charge >= 0.3 is 0 Å². The number of thioether (sulfide) groups is 1. The monoisotopic (exact) mass is 395 g/mol. The van der Waals surface area contributed by atoms with E-state index in [-0.39, 0.29) is 5.91 Å². The van der Waals surface area contributed by atoms with Gasteiger partial charge in [0, 0.05) is 18.3 Å². The van der Waals surface area contributed by atoms with Gasteiger partial charge in [-0.3, -0.25) is 9.69 Å². The van der Waals surface area contributed by atoms with Crippen LogP contribution in [-0.2, 0) is 4.79 Å². The van der Waals surface area contributed by atoms with E-state index >= 15 is 0 Å². The lowest BCUT2D eigenvalue weighted by Crippen LogP contribution is -2.27. The van der Waals surface area contributed by atoms with Crippen molar-refractivity contribution in [2.75, 3.05) is 6.54 Å². The highest BCUT2D eigenvalue weighted by molar-refractivity contribution is 8.26. The summed E-state index contributed by atoms with van der Waals surface area (Å²) in [6.45, 7) is 4.37. The van der Waals surface area contributed by atoms with E-state index in [1.807, 2.05) is 68.6 Å². The van der Waals surface area contributed by atoms with Gasteiger partial charge in [-0.2, -0.15) is 5.10 Å². The van der Waals surface area contributed by atoms with Gasteiger partial charge < -0.3 is 4.42 Å². The lowest BCUT2D eigenvalue weighted by Gasteiger charge is -2.09. The first-order valence-corrected chi connectivity index (χ1v) is 9.76. The van der Waals surface area contributed by atoms with Crippen molar-refractivity contribution in [2.45, 2.75) is 13.8 Å². The smallest absolute Gasteiger partial charge is 0.266 e. The van der Waals surface area contributed by atoms with E-state index in [4.69, 9.17) is 21.7 Å². The zero-order valence-electron chi connectivity index (χ0n) is 14.9. The molecule has 1 amide bonds. The molecule has 0 unspecified atom stereocenters. The van der Waals surface area contributed by atoms with Crippen LogP contribution in [0, 0.1) is 6.92 Å². The molecule has 4 rings (SSSR count). The summed E-state index contributed by atoms with van der Waals surface area (Å²) in [5.41, 5.74) is 2.43. The highest BCUT2D eigenvalue weighted by atomic mass is 32.2. The van der Waals surface area contributed by atoms with Gasteiger partial charge in [0.25, 0.3) is 5.91 Å². The predicted molar refractivity (Wildman–Crippen MR) is 112 cm³/mol. The molecule has 1 aromatic carbocycles. The molecule has 0 atom stereocenters. The Kier molecular flexibility index (Phi) is 4.72. The molecule has 7 heteroatoms. The van der Waals surface area contributed by atoms with Crippen LogP contribution in [0.2, 0.25) is 0 Å². The third-order valence-electron chi connectivity index (χ3n) is 4.21. The number of furan rings is 1. The molecule has 0 aliphatic carbocycles. The molecule has 5 nitrogen and oxygen atoms in total. The quantitative estimate of drug-likeness (QED) is 0.475. The van der Waals surface area contributed by atoms with Crippen LogP contribution in [0.15, 0.2) is 58.0 Å². The van der Waals surface area contributed by atoms with E-state index in [0.717, 1.165) is 17.0 Å². The third kappa shape index (κ3) is 3.36. The molecule has 0 radical (unpaired) electrons. The Morgan fingerprint density at radius 3 is 2.63 bits per heavy atom. The average Bonchev–Trinajstić information content (AvgIpc) is 3.34. The summed E-state index contributed by atoms with van der Waals surface area (Å²) in [6, 6.07) is 13.6. The maximum atomic E-state index is 12.6. The summed E-state index contributed by atoms with van der Waals surface area (Å²) in [6.07, 6.45) is 3.75. The number of carbonyl (C=O) groups is 1. The number of rotatable bonds is 4. The summed E-state index contributed by atoms with van der Waals surface area (Å²) in [5.74, 6) is 1.41. The molecule has 2 aromatic heterocycles. The van der Waals surface area contributed by atoms with Gasteiger partial charge in [0.05, 0.1) is 10.6 Å². The molecule has 1 aliphatic rings. The number of nitrogens with zero attached hydrogens (tertiary/aromatic N) is 3. The predicted octanol–water partition coefficient (Wildman–Crippen LogP) is 4.66. The number of aryl methyl sites for hydroxylation is 1. The van der Waals surface area contributed by atoms with Crippen LogP contribution in [0.25, 0.3) is 23.2 Å². The van der Waals surface area contributed by atoms with Crippen LogP contribution in [0.5, 0.6) is 0 Å². The zero-order chi connectivity index (χ0) is 19.0. The summed E-state index contributed by atoms with van der Waals surface area (Å²) in [5, 5.41) is 4.70. The highest BCUT2D eigenvalue weighted by Gasteiger charge is 2.31. The van der Waals surface area contributed by atoms with E-state index in [2.05, 4.69) is 0 Å². The van der Waals surface area contributed by atoms with E-state index in [0.29, 0.717) is 27.2 Å². The topological polar surface area (TPSA) is 51.3 Å². The second-order valence-corrected chi connectivity index (χ2v) is 7.73. The van der Waals surface area contributed by atoms with Crippen molar-refractivity contribution in [3.63, 3.8) is 0 Å². The molecular weight excluding hydrogens is 378 g/mol. The Hall–Kier alpha value is -2.64. The number of amides is 1. The van der Waals surface area contributed by atoms with Crippen LogP contribution in [0.3, 0.4) is 0 Å². The second kappa shape index (κ2) is 7.17. The van der Waals surface area contributed by atoms with Gasteiger partial charge in [0.1, 0.15) is 15.8 Å². The first-order valence-electron chi connectivity index (χ1n) is 8.54. The fourth-order valence-corrected chi connectivity index (χ4v) is 4.25. The van der Waals surface area contributed by atoms with Gasteiger partial charge in [-0.1, -0.05) is 42.2 Å². The van der Waals surface area contributed by atoms with E-state index in [1.165, 1.54) is 11.8 Å². The molecule has 0 saturated carbocycles. The number of hydrogen-bond acceptors (Lipinski definition) is 5. The minimum Gasteiger partial charge on any atom is -0.460 e. The Balaban J connectivity index is 1.82. The average molecular weight is 396 g/mol. The molecule has 0 spiro atoms. The van der Waals surface area contributed by atoms with Gasteiger partial charge in [0.15, 0.2) is 5.76 Å². The molecule has 0 bridgehead atoms. The van der Waals surface area contributed by atoms with Gasteiger partial charge in [0.2, 0.25) is 0 Å². The van der Waals surface area contributed by atoms with Crippen LogP contribution in [-0.4, -0.2) is 31.5 Å². The molecule has 27 heavy (non-hydrogen) atoms. The number of thiocarbonyl (C=S) groups is 1. The maximum Gasteiger partial charge on any atom is 0.266 e. The minimum atomic E-state index is -0.0680. The normalized spacial score (nSPS) is 15.9. The van der Waals surface area contributed by atoms with E-state index in [1.54, 1.807) is 9.58 Å². The minimum absolute atomic E-state index is 0.0680.